The fourth-order valence-corrected chi connectivity index (χ4v) is 11.2. The number of aryl methyl sites for hydroxylation is 1. The van der Waals surface area contributed by atoms with Gasteiger partial charge in [-0.2, -0.15) is 18.3 Å². The number of nitrogens with one attached hydrogen (secondary N) is 1. The van der Waals surface area contributed by atoms with Crippen molar-refractivity contribution in [2.45, 2.75) is 75.1 Å². The van der Waals surface area contributed by atoms with Crippen molar-refractivity contribution in [1.82, 2.24) is 24.9 Å². The summed E-state index contributed by atoms with van der Waals surface area (Å²) in [4.78, 5) is 44.6. The number of hydrogen-bond donors (Lipinski definition) is 3. The number of thioether (sulfide) groups is 1. The van der Waals surface area contributed by atoms with Crippen molar-refractivity contribution in [3.8, 4) is 34.4 Å². The number of likely N-dealkylation sites (N-methyl/N-ethyl adjacent to an activating group) is 1. The number of aromatic nitrogens is 2. The van der Waals surface area contributed by atoms with Gasteiger partial charge in [-0.1, -0.05) is 24.3 Å². The number of ether oxygens (including phenoxy) is 5. The first-order chi connectivity index (χ1) is 28.6. The number of amides is 1. The van der Waals surface area contributed by atoms with Crippen LogP contribution < -0.4 is 24.3 Å². The number of esters is 2. The van der Waals surface area contributed by atoms with Gasteiger partial charge < -0.3 is 39.2 Å². The fourth-order valence-electron chi connectivity index (χ4n) is 9.67. The minimum atomic E-state index is -5.01. The van der Waals surface area contributed by atoms with E-state index in [-0.39, 0.29) is 35.5 Å². The maximum Gasteiger partial charge on any atom is 0.434 e. The summed E-state index contributed by atoms with van der Waals surface area (Å²) < 4.78 is 74.1. The van der Waals surface area contributed by atoms with Gasteiger partial charge in [0.25, 0.3) is 5.91 Å². The third-order valence-electron chi connectivity index (χ3n) is 12.1. The van der Waals surface area contributed by atoms with Gasteiger partial charge in [-0.15, -0.1) is 11.8 Å². The predicted octanol–water partition coefficient (Wildman–Crippen LogP) is 4.66. The Hall–Kier alpha value is -5.50. The molecule has 60 heavy (non-hydrogen) atoms. The van der Waals surface area contributed by atoms with Gasteiger partial charge in [0.1, 0.15) is 24.6 Å². The summed E-state index contributed by atoms with van der Waals surface area (Å²) in [6.07, 6.45) is -5.04. The van der Waals surface area contributed by atoms with E-state index in [1.54, 1.807) is 13.0 Å². The Morgan fingerprint density at radius 1 is 1.05 bits per heavy atom. The Labute approximate surface area is 345 Å². The molecule has 2 saturated heterocycles. The first kappa shape index (κ1) is 39.9. The number of methoxy groups -OCH3 is 1. The van der Waals surface area contributed by atoms with Crippen molar-refractivity contribution < 1.29 is 61.5 Å². The molecule has 10 rings (SSSR count). The van der Waals surface area contributed by atoms with E-state index in [4.69, 9.17) is 23.7 Å². The smallest absolute Gasteiger partial charge is 0.434 e. The first-order valence-electron chi connectivity index (χ1n) is 19.1. The number of phenols is 1. The van der Waals surface area contributed by atoms with Crippen LogP contribution in [-0.2, 0) is 26.9 Å². The minimum Gasteiger partial charge on any atom is -0.504 e. The van der Waals surface area contributed by atoms with Crippen molar-refractivity contribution in [2.24, 2.45) is 0 Å². The molecule has 4 aromatic rings. The van der Waals surface area contributed by atoms with Crippen LogP contribution in [-0.4, -0.2) is 105 Å². The number of fused-ring (bicyclic) bond motifs is 10. The molecule has 1 amide bonds. The maximum absolute atomic E-state index is 14.6. The van der Waals surface area contributed by atoms with Crippen molar-refractivity contribution in [2.75, 3.05) is 33.3 Å². The number of halogens is 3. The Kier molecular flexibility index (Phi) is 9.72. The van der Waals surface area contributed by atoms with Crippen LogP contribution >= 0.6 is 11.8 Å². The normalized spacial score (nSPS) is 25.8. The summed E-state index contributed by atoms with van der Waals surface area (Å²) in [5.41, 5.74) is 1.39. The van der Waals surface area contributed by atoms with Crippen molar-refractivity contribution in [1.29, 1.82) is 0 Å². The Balaban J connectivity index is 1.19. The van der Waals surface area contributed by atoms with Crippen molar-refractivity contribution >= 4 is 29.6 Å². The van der Waals surface area contributed by atoms with Crippen molar-refractivity contribution in [3.05, 3.63) is 87.2 Å². The number of carbonyl (C=O) groups is 3. The molecular formula is C41H40F3N5O10S. The number of benzene rings is 3. The van der Waals surface area contributed by atoms with E-state index in [1.807, 2.05) is 29.8 Å². The predicted molar refractivity (Wildman–Crippen MR) is 206 cm³/mol. The quantitative estimate of drug-likeness (QED) is 0.187. The third kappa shape index (κ3) is 6.07. The number of aliphatic hydroxyl groups excluding tert-OH is 1. The first-order valence-corrected chi connectivity index (χ1v) is 20.2. The maximum atomic E-state index is 14.6. The van der Waals surface area contributed by atoms with E-state index in [2.05, 4.69) is 10.4 Å². The lowest BCUT2D eigenvalue weighted by Crippen LogP contribution is -2.69. The molecule has 316 valence electrons. The van der Waals surface area contributed by atoms with Crippen molar-refractivity contribution in [3.63, 3.8) is 0 Å². The summed E-state index contributed by atoms with van der Waals surface area (Å²) >= 11 is 1.15. The number of carbonyl (C=O) groups excluding carboxylic acids is 3. The van der Waals surface area contributed by atoms with E-state index in [0.717, 1.165) is 23.5 Å². The minimum absolute atomic E-state index is 0.0708. The summed E-state index contributed by atoms with van der Waals surface area (Å²) in [5.74, 6) is -2.02. The number of aliphatic hydroxyl groups is 1. The van der Waals surface area contributed by atoms with Crippen LogP contribution in [0.15, 0.2) is 42.6 Å². The van der Waals surface area contributed by atoms with Gasteiger partial charge in [0.05, 0.1) is 47.9 Å². The summed E-state index contributed by atoms with van der Waals surface area (Å²) in [6.45, 7) is 4.19. The fraction of sp³-hybridized carbons (Fsp3) is 0.415. The molecule has 6 aliphatic rings. The molecule has 19 heteroatoms. The molecule has 0 radical (unpaired) electrons. The Morgan fingerprint density at radius 2 is 1.78 bits per heavy atom. The second kappa shape index (κ2) is 14.6. The molecule has 0 saturated carbocycles. The number of hydrogen-bond acceptors (Lipinski definition) is 14. The van der Waals surface area contributed by atoms with Crippen LogP contribution in [0.3, 0.4) is 0 Å². The van der Waals surface area contributed by atoms with Gasteiger partial charge in [0, 0.05) is 41.0 Å². The van der Waals surface area contributed by atoms with Crippen LogP contribution in [0, 0.1) is 13.8 Å². The zero-order valence-corrected chi connectivity index (χ0v) is 33.7. The van der Waals surface area contributed by atoms with Gasteiger partial charge in [-0.3, -0.25) is 19.4 Å². The second-order valence-electron chi connectivity index (χ2n) is 15.4. The Bertz CT molecular complexity index is 2450. The highest BCUT2D eigenvalue weighted by Crippen LogP contribution is 2.64. The third-order valence-corrected chi connectivity index (χ3v) is 13.5. The molecule has 4 bridgehead atoms. The molecule has 7 atom stereocenters. The number of aromatic hydroxyl groups is 1. The van der Waals surface area contributed by atoms with E-state index in [9.17, 15) is 37.8 Å². The molecule has 7 heterocycles. The lowest BCUT2D eigenvalue weighted by Gasteiger charge is -2.62. The zero-order valence-electron chi connectivity index (χ0n) is 32.9. The van der Waals surface area contributed by atoms with E-state index in [1.165, 1.54) is 38.3 Å². The number of phenolic OH excluding ortho intramolecular Hbond substituents is 1. The van der Waals surface area contributed by atoms with Crippen LogP contribution in [0.25, 0.3) is 5.69 Å². The number of para-hydroxylation sites is 1. The SMILES string of the molecule is COc1c(C)cc2c(c1O)[C@@H]1[C@@H]3[C@@H]4SCC(NC(=O)c5cnn(-c6ccccc6)c5C(F)(F)F)C(=O)OC[C@H](c5c6c(c(C)c(OC(C)=O)c54)OCO6)N3[C@@H](O)[C@@H](C2)N1C. The molecule has 15 nitrogen and oxygen atoms in total. The van der Waals surface area contributed by atoms with Gasteiger partial charge >= 0.3 is 18.1 Å². The molecule has 1 unspecified atom stereocenters. The molecule has 0 aliphatic carbocycles. The van der Waals surface area contributed by atoms with E-state index in [0.29, 0.717) is 50.4 Å². The number of piperazine rings is 1. The van der Waals surface area contributed by atoms with E-state index >= 15 is 0 Å². The molecule has 3 N–H and O–H groups in total. The number of rotatable bonds is 5. The zero-order chi connectivity index (χ0) is 42.5. The highest BCUT2D eigenvalue weighted by atomic mass is 32.2. The largest absolute Gasteiger partial charge is 0.504 e. The summed E-state index contributed by atoms with van der Waals surface area (Å²) in [6, 6.07) is 5.08. The second-order valence-corrected chi connectivity index (χ2v) is 16.6. The van der Waals surface area contributed by atoms with Crippen LogP contribution in [0.5, 0.6) is 28.7 Å². The molecule has 3 aromatic carbocycles. The average Bonchev–Trinajstić information content (AvgIpc) is 3.89. The standard InChI is InChI=1S/C41H40F3N5O10S/c1-17-11-20-12-24-39(53)48-25-14-56-40(54)23(46-38(52)22-13-45-49(37(22)41(42,43)44)21-9-7-6-8-10-21)15-60-36(30(48)29(47(24)4)26(20)31(51)32(17)55-5)28-27(25)35-34(57-16-58-35)18(2)33(28)59-19(3)50/h6-11,13,23-25,29-30,36,39,51,53H,12,14-16H2,1-5H3,(H,46,52)/t23?,24-,25-,29-,30-,36-,39+/m1/s1. The van der Waals surface area contributed by atoms with Gasteiger partial charge in [-0.05, 0) is 50.6 Å². The number of alkyl halides is 3. The molecule has 0 spiro atoms. The highest BCUT2D eigenvalue weighted by Gasteiger charge is 2.60. The topological polar surface area (TPSA) is 174 Å². The van der Waals surface area contributed by atoms with Crippen LogP contribution in [0.2, 0.25) is 0 Å². The van der Waals surface area contributed by atoms with Gasteiger partial charge in [-0.25, -0.2) is 9.48 Å². The molecule has 6 aliphatic heterocycles. The Morgan fingerprint density at radius 3 is 2.48 bits per heavy atom. The lowest BCUT2D eigenvalue weighted by atomic mass is 9.73. The summed E-state index contributed by atoms with van der Waals surface area (Å²) in [5, 5.41) is 30.0. The van der Waals surface area contributed by atoms with Gasteiger partial charge in [0.15, 0.2) is 28.7 Å². The average molecular weight is 852 g/mol. The van der Waals surface area contributed by atoms with Crippen LogP contribution in [0.4, 0.5) is 13.2 Å². The van der Waals surface area contributed by atoms with E-state index < -0.39 is 83.6 Å². The molecule has 1 aromatic heterocycles. The number of nitrogens with zero attached hydrogens (tertiary/aromatic N) is 4. The molecular weight excluding hydrogens is 812 g/mol. The summed E-state index contributed by atoms with van der Waals surface area (Å²) in [7, 11) is 3.31. The molecule has 2 fully saturated rings. The van der Waals surface area contributed by atoms with Gasteiger partial charge in [0.2, 0.25) is 6.79 Å². The lowest BCUT2D eigenvalue weighted by molar-refractivity contribution is -0.184. The van der Waals surface area contributed by atoms with Crippen LogP contribution in [0.1, 0.15) is 73.7 Å². The monoisotopic (exact) mass is 851 g/mol. The highest BCUT2D eigenvalue weighted by molar-refractivity contribution is 7.99.